The molecule has 3 aromatic carbocycles. The van der Waals surface area contributed by atoms with Crippen molar-refractivity contribution in [3.05, 3.63) is 101 Å². The van der Waals surface area contributed by atoms with E-state index in [0.29, 0.717) is 17.2 Å². The fourth-order valence-electron chi connectivity index (χ4n) is 4.98. The van der Waals surface area contributed by atoms with Gasteiger partial charge in [-0.15, -0.1) is 0 Å². The van der Waals surface area contributed by atoms with Crippen LogP contribution in [-0.4, -0.2) is 17.0 Å². The molecular weight excluding hydrogens is 440 g/mol. The van der Waals surface area contributed by atoms with Crippen LogP contribution >= 0.6 is 0 Å². The molecule has 5 aromatic rings. The molecule has 0 fully saturated rings. The Morgan fingerprint density at radius 1 is 0.824 bits per heavy atom. The Bertz CT molecular complexity index is 1600. The zero-order valence-corrected chi connectivity index (χ0v) is 20.9. The van der Waals surface area contributed by atoms with Crippen LogP contribution in [0.25, 0.3) is 21.8 Å². The van der Waals surface area contributed by atoms with Crippen molar-refractivity contribution in [1.29, 1.82) is 0 Å². The summed E-state index contributed by atoms with van der Waals surface area (Å²) in [6.45, 7) is 6.33. The highest BCUT2D eigenvalue weighted by atomic mass is 32.2. The van der Waals surface area contributed by atoms with E-state index in [1.807, 2.05) is 56.4 Å². The fraction of sp³-hybridized carbons (Fsp3) is 0.241. The van der Waals surface area contributed by atoms with Gasteiger partial charge in [-0.3, -0.25) is 0 Å². The molecule has 0 saturated heterocycles. The monoisotopic (exact) mass is 470 g/mol. The Kier molecular flexibility index (Phi) is 5.61. The maximum Gasteiger partial charge on any atom is 0.268 e. The van der Waals surface area contributed by atoms with Gasteiger partial charge in [-0.1, -0.05) is 67.9 Å². The molecule has 2 aromatic heterocycles. The lowest BCUT2D eigenvalue weighted by atomic mass is 9.97. The van der Waals surface area contributed by atoms with Crippen molar-refractivity contribution in [3.8, 4) is 0 Å². The number of aryl methyl sites for hydroxylation is 2. The van der Waals surface area contributed by atoms with Crippen LogP contribution in [0.4, 0.5) is 0 Å². The molecule has 0 aliphatic rings. The van der Waals surface area contributed by atoms with Gasteiger partial charge in [0.05, 0.1) is 10.4 Å². The summed E-state index contributed by atoms with van der Waals surface area (Å²) in [5.74, 6) is 0.396. The zero-order chi connectivity index (χ0) is 24.0. The number of nitrogens with zero attached hydrogens (tertiary/aromatic N) is 2. The quantitative estimate of drug-likeness (QED) is 0.286. The molecule has 0 unspecified atom stereocenters. The normalized spacial score (nSPS) is 12.3. The lowest BCUT2D eigenvalue weighted by molar-refractivity contribution is 0.586. The molecule has 34 heavy (non-hydrogen) atoms. The van der Waals surface area contributed by atoms with Gasteiger partial charge in [-0.25, -0.2) is 12.4 Å². The Morgan fingerprint density at radius 2 is 1.44 bits per heavy atom. The summed E-state index contributed by atoms with van der Waals surface area (Å²) >= 11 is 0. The lowest BCUT2D eigenvalue weighted by Crippen LogP contribution is -2.17. The Balaban J connectivity index is 1.81. The molecule has 0 aliphatic heterocycles. The first-order valence-electron chi connectivity index (χ1n) is 11.7. The predicted octanol–water partition coefficient (Wildman–Crippen LogP) is 6.47. The van der Waals surface area contributed by atoms with Crippen LogP contribution in [0.2, 0.25) is 0 Å². The molecule has 4 nitrogen and oxygen atoms in total. The number of rotatable bonds is 6. The minimum absolute atomic E-state index is 0.314. The highest BCUT2D eigenvalue weighted by Gasteiger charge is 2.27. The molecule has 0 atom stereocenters. The summed E-state index contributed by atoms with van der Waals surface area (Å²) in [6, 6.07) is 23.3. The first-order chi connectivity index (χ1) is 16.3. The van der Waals surface area contributed by atoms with Gasteiger partial charge in [-0.05, 0) is 54.7 Å². The minimum Gasteiger partial charge on any atom is -0.350 e. The molecular formula is C29H30N2O2S. The second-order valence-electron chi connectivity index (χ2n) is 9.58. The molecule has 2 heterocycles. The molecule has 0 radical (unpaired) electrons. The molecule has 5 heteroatoms. The third kappa shape index (κ3) is 3.74. The zero-order valence-electron chi connectivity index (χ0n) is 20.1. The van der Waals surface area contributed by atoms with Gasteiger partial charge in [0, 0.05) is 41.6 Å². The Morgan fingerprint density at radius 3 is 2.12 bits per heavy atom. The van der Waals surface area contributed by atoms with Gasteiger partial charge < -0.3 is 4.57 Å². The summed E-state index contributed by atoms with van der Waals surface area (Å²) in [5.41, 5.74) is 6.03. The third-order valence-electron chi connectivity index (χ3n) is 6.55. The minimum atomic E-state index is -3.78. The molecule has 0 aliphatic carbocycles. The third-order valence-corrected chi connectivity index (χ3v) is 8.32. The van der Waals surface area contributed by atoms with E-state index in [1.54, 1.807) is 16.1 Å². The summed E-state index contributed by atoms with van der Waals surface area (Å²) in [4.78, 5) is 0.314. The van der Waals surface area contributed by atoms with Gasteiger partial charge in [0.15, 0.2) is 0 Å². The number of para-hydroxylation sites is 2. The molecule has 174 valence electrons. The number of hydrogen-bond acceptors (Lipinski definition) is 2. The van der Waals surface area contributed by atoms with Crippen LogP contribution in [-0.2, 0) is 29.9 Å². The van der Waals surface area contributed by atoms with Crippen LogP contribution in [0.15, 0.2) is 83.9 Å². The van der Waals surface area contributed by atoms with Crippen LogP contribution in [0, 0.1) is 12.8 Å². The highest BCUT2D eigenvalue weighted by molar-refractivity contribution is 7.90. The molecule has 5 rings (SSSR count). The largest absolute Gasteiger partial charge is 0.350 e. The maximum atomic E-state index is 14.1. The molecule has 0 N–H and O–H groups in total. The SMILES string of the molecule is Cc1ccc(S(=O)(=O)n2c(Cc3cn(C)c4ccccc34)c(CC(C)C)c3ccccc32)cc1. The van der Waals surface area contributed by atoms with Crippen LogP contribution in [0.5, 0.6) is 0 Å². The summed E-state index contributed by atoms with van der Waals surface area (Å²) < 4.78 is 31.9. The number of hydrogen-bond donors (Lipinski definition) is 0. The first kappa shape index (κ1) is 22.5. The number of fused-ring (bicyclic) bond motifs is 2. The standard InChI is InChI=1S/C29H30N2O2S/c1-20(2)17-26-25-10-6-8-12-28(25)31(34(32,33)23-15-13-21(3)14-16-23)29(26)18-22-19-30(4)27-11-7-5-9-24(22)27/h5-16,19-20H,17-18H2,1-4H3. The second-order valence-corrected chi connectivity index (χ2v) is 11.4. The number of aromatic nitrogens is 2. The molecule has 0 amide bonds. The molecule has 0 spiro atoms. The lowest BCUT2D eigenvalue weighted by Gasteiger charge is -2.14. The van der Waals surface area contributed by atoms with E-state index in [2.05, 4.69) is 42.8 Å². The van der Waals surface area contributed by atoms with Crippen molar-refractivity contribution in [2.45, 2.75) is 38.5 Å². The van der Waals surface area contributed by atoms with E-state index in [1.165, 1.54) is 0 Å². The summed E-state index contributed by atoms with van der Waals surface area (Å²) in [7, 11) is -1.74. The van der Waals surface area contributed by atoms with Crippen molar-refractivity contribution in [3.63, 3.8) is 0 Å². The molecule has 0 bridgehead atoms. The maximum absolute atomic E-state index is 14.1. The average Bonchev–Trinajstić information content (AvgIpc) is 3.29. The van der Waals surface area contributed by atoms with E-state index in [9.17, 15) is 8.42 Å². The van der Waals surface area contributed by atoms with Gasteiger partial charge in [-0.2, -0.15) is 0 Å². The van der Waals surface area contributed by atoms with Crippen molar-refractivity contribution in [1.82, 2.24) is 8.54 Å². The van der Waals surface area contributed by atoms with Crippen LogP contribution in [0.1, 0.15) is 36.2 Å². The van der Waals surface area contributed by atoms with E-state index in [0.717, 1.165) is 50.6 Å². The fourth-order valence-corrected chi connectivity index (χ4v) is 6.55. The van der Waals surface area contributed by atoms with E-state index >= 15 is 0 Å². The van der Waals surface area contributed by atoms with E-state index < -0.39 is 10.0 Å². The summed E-state index contributed by atoms with van der Waals surface area (Å²) in [5, 5.41) is 2.17. The van der Waals surface area contributed by atoms with Crippen molar-refractivity contribution in [2.75, 3.05) is 0 Å². The Labute approximate surface area is 201 Å². The number of benzene rings is 3. The predicted molar refractivity (Wildman–Crippen MR) is 140 cm³/mol. The van der Waals surface area contributed by atoms with E-state index in [4.69, 9.17) is 0 Å². The van der Waals surface area contributed by atoms with Crippen molar-refractivity contribution >= 4 is 31.8 Å². The van der Waals surface area contributed by atoms with Gasteiger partial charge in [0.25, 0.3) is 10.0 Å². The first-order valence-corrected chi connectivity index (χ1v) is 13.2. The average molecular weight is 471 g/mol. The van der Waals surface area contributed by atoms with Gasteiger partial charge in [0.2, 0.25) is 0 Å². The van der Waals surface area contributed by atoms with Crippen LogP contribution in [0.3, 0.4) is 0 Å². The smallest absolute Gasteiger partial charge is 0.268 e. The van der Waals surface area contributed by atoms with Crippen LogP contribution < -0.4 is 0 Å². The molecule has 0 saturated carbocycles. The summed E-state index contributed by atoms with van der Waals surface area (Å²) in [6.07, 6.45) is 3.49. The van der Waals surface area contributed by atoms with Crippen molar-refractivity contribution in [2.24, 2.45) is 13.0 Å². The second kappa shape index (κ2) is 8.48. The van der Waals surface area contributed by atoms with Gasteiger partial charge in [0.1, 0.15) is 0 Å². The Hall–Kier alpha value is -3.31. The van der Waals surface area contributed by atoms with Crippen molar-refractivity contribution < 1.29 is 8.42 Å². The van der Waals surface area contributed by atoms with Gasteiger partial charge >= 0.3 is 0 Å². The van der Waals surface area contributed by atoms with E-state index in [-0.39, 0.29) is 0 Å². The topological polar surface area (TPSA) is 44.0 Å². The highest BCUT2D eigenvalue weighted by Crippen LogP contribution is 2.35.